The maximum atomic E-state index is 12.8. The Balaban J connectivity index is 1.11. The number of halogens is 3. The fourth-order valence-corrected chi connectivity index (χ4v) is 4.54. The van der Waals surface area contributed by atoms with Gasteiger partial charge in [-0.25, -0.2) is 4.98 Å². The van der Waals surface area contributed by atoms with Crippen LogP contribution in [0.25, 0.3) is 5.69 Å². The molecule has 0 bridgehead atoms. The summed E-state index contributed by atoms with van der Waals surface area (Å²) < 4.78 is 59.5. The number of imidazole rings is 1. The fourth-order valence-electron chi connectivity index (χ4n) is 4.54. The molecule has 38 heavy (non-hydrogen) atoms. The summed E-state index contributed by atoms with van der Waals surface area (Å²) in [6.07, 6.45) is -0.240. The van der Waals surface area contributed by atoms with Crippen molar-refractivity contribution in [3.05, 3.63) is 78.4 Å². The molecule has 2 aliphatic rings. The van der Waals surface area contributed by atoms with E-state index in [0.29, 0.717) is 5.75 Å². The van der Waals surface area contributed by atoms with Crippen molar-refractivity contribution in [2.45, 2.75) is 30.5 Å². The Bertz CT molecular complexity index is 1410. The average molecular weight is 527 g/mol. The van der Waals surface area contributed by atoms with Crippen LogP contribution in [0.5, 0.6) is 11.8 Å². The third-order valence-corrected chi connectivity index (χ3v) is 6.44. The van der Waals surface area contributed by atoms with Crippen molar-refractivity contribution in [2.24, 2.45) is 0 Å². The van der Waals surface area contributed by atoms with E-state index < -0.39 is 41.9 Å². The number of fused-ring (bicyclic) bond motifs is 1. The number of nitrogens with zero attached hydrogens (tertiary/aromatic N) is 6. The molecular weight excluding hydrogens is 507 g/mol. The number of hydrogen-bond acceptors (Lipinski definition) is 8. The summed E-state index contributed by atoms with van der Waals surface area (Å²) >= 11 is 0. The predicted molar refractivity (Wildman–Crippen MR) is 123 cm³/mol. The fraction of sp³-hybridized carbons (Fsp3) is 0.292. The standard InChI is InChI=1S/C24H20F3N7O4/c25-24(26,27)15-3-1-14(2-4-15)22(35)29-18-11-36-21-19(12-37-20(18)21)34-23(30-31-32-34)38-17-7-5-16(6-8-17)33-10-9-28-13-33/h1-10,13,18-21H,11-12H2,(H,29,35). The van der Waals surface area contributed by atoms with Gasteiger partial charge in [0, 0.05) is 23.6 Å². The first kappa shape index (κ1) is 24.1. The number of rotatable bonds is 6. The molecule has 4 unspecified atom stereocenters. The molecule has 4 aromatic rings. The van der Waals surface area contributed by atoms with E-state index in [0.717, 1.165) is 30.0 Å². The second-order valence-electron chi connectivity index (χ2n) is 8.79. The highest BCUT2D eigenvalue weighted by Gasteiger charge is 2.50. The van der Waals surface area contributed by atoms with Crippen molar-refractivity contribution in [3.8, 4) is 17.4 Å². The van der Waals surface area contributed by atoms with Gasteiger partial charge in [-0.3, -0.25) is 4.79 Å². The van der Waals surface area contributed by atoms with Gasteiger partial charge in [0.15, 0.2) is 0 Å². The van der Waals surface area contributed by atoms with E-state index in [1.807, 2.05) is 22.9 Å². The maximum Gasteiger partial charge on any atom is 0.416 e. The molecule has 0 radical (unpaired) electrons. The Labute approximate surface area is 213 Å². The van der Waals surface area contributed by atoms with Crippen LogP contribution in [0.4, 0.5) is 13.2 Å². The van der Waals surface area contributed by atoms with Gasteiger partial charge >= 0.3 is 12.2 Å². The number of aromatic nitrogens is 6. The van der Waals surface area contributed by atoms with Crippen LogP contribution < -0.4 is 10.1 Å². The van der Waals surface area contributed by atoms with Crippen LogP contribution in [-0.2, 0) is 15.7 Å². The summed E-state index contributed by atoms with van der Waals surface area (Å²) in [4.78, 5) is 16.7. The molecule has 6 rings (SSSR count). The molecule has 1 N–H and O–H groups in total. The smallest absolute Gasteiger partial charge is 0.416 e. The second kappa shape index (κ2) is 9.54. The monoisotopic (exact) mass is 527 g/mol. The molecule has 2 aromatic heterocycles. The minimum absolute atomic E-state index is 0.103. The molecule has 1 amide bonds. The Morgan fingerprint density at radius 2 is 1.79 bits per heavy atom. The van der Waals surface area contributed by atoms with Crippen LogP contribution in [0.3, 0.4) is 0 Å². The van der Waals surface area contributed by atoms with Crippen molar-refractivity contribution in [3.63, 3.8) is 0 Å². The number of carbonyl (C=O) groups is 1. The molecule has 196 valence electrons. The molecular formula is C24H20F3N7O4. The molecule has 0 aliphatic carbocycles. The lowest BCUT2D eigenvalue weighted by Crippen LogP contribution is -2.44. The molecule has 0 spiro atoms. The summed E-state index contributed by atoms with van der Waals surface area (Å²) in [6, 6.07) is 10.5. The Morgan fingerprint density at radius 1 is 1.03 bits per heavy atom. The predicted octanol–water partition coefficient (Wildman–Crippen LogP) is 2.81. The molecule has 11 nitrogen and oxygen atoms in total. The summed E-state index contributed by atoms with van der Waals surface area (Å²) in [5.74, 6) is 0.0000107. The maximum absolute atomic E-state index is 12.8. The molecule has 2 fully saturated rings. The van der Waals surface area contributed by atoms with E-state index in [4.69, 9.17) is 14.2 Å². The number of tetrazole rings is 1. The van der Waals surface area contributed by atoms with Gasteiger partial charge in [0.05, 0.1) is 31.1 Å². The first-order valence-corrected chi connectivity index (χ1v) is 11.6. The minimum Gasteiger partial charge on any atom is -0.423 e. The highest BCUT2D eigenvalue weighted by atomic mass is 19.4. The lowest BCUT2D eigenvalue weighted by Gasteiger charge is -2.18. The zero-order valence-electron chi connectivity index (χ0n) is 19.5. The van der Waals surface area contributed by atoms with Crippen LogP contribution in [0.1, 0.15) is 22.0 Å². The number of alkyl halides is 3. The third-order valence-electron chi connectivity index (χ3n) is 6.44. The number of carbonyl (C=O) groups excluding carboxylic acids is 1. The summed E-state index contributed by atoms with van der Waals surface area (Å²) in [5, 5.41) is 14.6. The average Bonchev–Trinajstić information content (AvgIpc) is 3.71. The zero-order chi connectivity index (χ0) is 26.3. The highest BCUT2D eigenvalue weighted by Crippen LogP contribution is 2.36. The Hall–Kier alpha value is -4.30. The van der Waals surface area contributed by atoms with Crippen LogP contribution in [0.2, 0.25) is 0 Å². The number of ether oxygens (including phenoxy) is 3. The highest BCUT2D eigenvalue weighted by molar-refractivity contribution is 5.94. The van der Waals surface area contributed by atoms with Crippen molar-refractivity contribution < 1.29 is 32.2 Å². The molecule has 2 aromatic carbocycles. The van der Waals surface area contributed by atoms with Crippen molar-refractivity contribution in [1.82, 2.24) is 35.1 Å². The quantitative estimate of drug-likeness (QED) is 0.407. The summed E-state index contributed by atoms with van der Waals surface area (Å²) in [7, 11) is 0. The molecule has 4 atom stereocenters. The normalized spacial score (nSPS) is 22.8. The Kier molecular flexibility index (Phi) is 6.04. The first-order chi connectivity index (χ1) is 18.4. The Morgan fingerprint density at radius 3 is 2.50 bits per heavy atom. The van der Waals surface area contributed by atoms with Crippen LogP contribution in [0.15, 0.2) is 67.3 Å². The number of amides is 1. The molecule has 14 heteroatoms. The van der Waals surface area contributed by atoms with Crippen LogP contribution in [-0.4, -0.2) is 67.1 Å². The van der Waals surface area contributed by atoms with Gasteiger partial charge in [-0.15, -0.1) is 0 Å². The van der Waals surface area contributed by atoms with E-state index in [2.05, 4.69) is 25.8 Å². The topological polar surface area (TPSA) is 118 Å². The molecule has 2 saturated heterocycles. The van der Waals surface area contributed by atoms with E-state index in [1.165, 1.54) is 4.68 Å². The van der Waals surface area contributed by atoms with Gasteiger partial charge in [-0.2, -0.15) is 17.9 Å². The van der Waals surface area contributed by atoms with Crippen molar-refractivity contribution in [2.75, 3.05) is 13.2 Å². The van der Waals surface area contributed by atoms with E-state index in [-0.39, 0.29) is 24.8 Å². The van der Waals surface area contributed by atoms with Crippen molar-refractivity contribution >= 4 is 5.91 Å². The van der Waals surface area contributed by atoms with Gasteiger partial charge in [0.25, 0.3) is 5.91 Å². The van der Waals surface area contributed by atoms with Gasteiger partial charge < -0.3 is 24.1 Å². The summed E-state index contributed by atoms with van der Waals surface area (Å²) in [5.41, 5.74) is 0.185. The number of benzene rings is 2. The lowest BCUT2D eigenvalue weighted by atomic mass is 10.1. The minimum atomic E-state index is -4.48. The molecule has 4 heterocycles. The van der Waals surface area contributed by atoms with Gasteiger partial charge in [-0.05, 0) is 59.0 Å². The third kappa shape index (κ3) is 4.59. The molecule has 0 saturated carbocycles. The van der Waals surface area contributed by atoms with E-state index in [1.54, 1.807) is 24.7 Å². The summed E-state index contributed by atoms with van der Waals surface area (Å²) in [6.45, 7) is 0.370. The van der Waals surface area contributed by atoms with Crippen LogP contribution >= 0.6 is 0 Å². The van der Waals surface area contributed by atoms with E-state index in [9.17, 15) is 18.0 Å². The van der Waals surface area contributed by atoms with Gasteiger partial charge in [-0.1, -0.05) is 5.10 Å². The number of hydrogen-bond donors (Lipinski definition) is 1. The SMILES string of the molecule is O=C(NC1COC2C1OCC2n1nnnc1Oc1ccc(-n2ccnc2)cc1)c1ccc(C(F)(F)F)cc1. The molecule has 2 aliphatic heterocycles. The van der Waals surface area contributed by atoms with Crippen molar-refractivity contribution in [1.29, 1.82) is 0 Å². The first-order valence-electron chi connectivity index (χ1n) is 11.6. The van der Waals surface area contributed by atoms with Crippen LogP contribution in [0, 0.1) is 0 Å². The zero-order valence-corrected chi connectivity index (χ0v) is 19.5. The number of nitrogens with one attached hydrogen (secondary N) is 1. The van der Waals surface area contributed by atoms with E-state index >= 15 is 0 Å². The largest absolute Gasteiger partial charge is 0.423 e. The second-order valence-corrected chi connectivity index (χ2v) is 8.79. The van der Waals surface area contributed by atoms with Gasteiger partial charge in [0.1, 0.15) is 24.0 Å². The lowest BCUT2D eigenvalue weighted by molar-refractivity contribution is -0.137. The van der Waals surface area contributed by atoms with Gasteiger partial charge in [0.2, 0.25) is 0 Å².